The molecule has 4 nitrogen and oxygen atoms in total. The zero-order valence-electron chi connectivity index (χ0n) is 58.0. The van der Waals surface area contributed by atoms with Crippen LogP contribution < -0.4 is 0 Å². The lowest BCUT2D eigenvalue weighted by Crippen LogP contribution is -1.94. The molecule has 107 heavy (non-hydrogen) atoms. The molecule has 0 aliphatic rings. The number of hydrogen-bond donors (Lipinski definition) is 0. The van der Waals surface area contributed by atoms with E-state index in [4.69, 9.17) is 0 Å². The van der Waals surface area contributed by atoms with Gasteiger partial charge in [-0.2, -0.15) is 0 Å². The maximum atomic E-state index is 2.42. The molecular weight excluding hydrogens is 1290 g/mol. The van der Waals surface area contributed by atoms with Gasteiger partial charge in [-0.3, -0.25) is 0 Å². The first-order valence-corrected chi connectivity index (χ1v) is 36.5. The Morgan fingerprint density at radius 3 is 0.729 bits per heavy atom. The van der Waals surface area contributed by atoms with Crippen molar-refractivity contribution in [3.05, 3.63) is 413 Å². The van der Waals surface area contributed by atoms with Gasteiger partial charge in [0.05, 0.1) is 44.1 Å². The van der Waals surface area contributed by atoms with Crippen LogP contribution in [0.4, 0.5) is 0 Å². The van der Waals surface area contributed by atoms with Crippen molar-refractivity contribution in [1.29, 1.82) is 0 Å². The number of benzene rings is 17. The van der Waals surface area contributed by atoms with Crippen molar-refractivity contribution in [3.8, 4) is 101 Å². The van der Waals surface area contributed by atoms with Crippen LogP contribution in [-0.2, 0) is 0 Å². The number of nitrogens with zero attached hydrogens (tertiary/aromatic N) is 4. The third-order valence-electron chi connectivity index (χ3n) is 21.4. The molecular formula is C103H72N4. The summed E-state index contributed by atoms with van der Waals surface area (Å²) < 4.78 is 9.59. The summed E-state index contributed by atoms with van der Waals surface area (Å²) >= 11 is 0. The first-order chi connectivity index (χ1) is 52.6. The van der Waals surface area contributed by atoms with E-state index in [-0.39, 0.29) is 7.43 Å². The second-order valence-electron chi connectivity index (χ2n) is 27.5. The molecule has 0 fully saturated rings. The molecule has 0 saturated carbocycles. The minimum absolute atomic E-state index is 0. The first kappa shape index (κ1) is 63.8. The van der Waals surface area contributed by atoms with Crippen molar-refractivity contribution in [3.63, 3.8) is 0 Å². The average molecular weight is 1370 g/mol. The highest BCUT2D eigenvalue weighted by atomic mass is 15.0. The monoisotopic (exact) mass is 1360 g/mol. The van der Waals surface area contributed by atoms with Gasteiger partial charge >= 0.3 is 0 Å². The molecule has 0 unspecified atom stereocenters. The fraction of sp³-hybridized carbons (Fsp3) is 0.00971. The van der Waals surface area contributed by atoms with Crippen molar-refractivity contribution < 1.29 is 0 Å². The predicted molar refractivity (Wildman–Crippen MR) is 455 cm³/mol. The molecule has 4 heteroatoms. The van der Waals surface area contributed by atoms with Crippen molar-refractivity contribution in [1.82, 2.24) is 18.3 Å². The van der Waals surface area contributed by atoms with E-state index in [1.54, 1.807) is 0 Å². The van der Waals surface area contributed by atoms with Gasteiger partial charge in [-0.1, -0.05) is 293 Å². The molecule has 21 rings (SSSR count). The van der Waals surface area contributed by atoms with Crippen molar-refractivity contribution >= 4 is 87.2 Å². The number of hydrogen-bond acceptors (Lipinski definition) is 0. The van der Waals surface area contributed by atoms with Gasteiger partial charge in [0.2, 0.25) is 0 Å². The number of aromatic nitrogens is 4. The minimum atomic E-state index is 0. The standard InChI is InChI=1S/C54H36N2.C48H32N2.CH4/c1-4-15-37(16-5-1)41-33-42(38-17-6-2-7-18-38)35-43(34-41)39-27-30-45(31-28-39)56-51-25-13-11-22-48(51)54-46(23-14-26-53(54)56)40-29-32-52-49(36-40)47-21-10-12-24-50(47)55(52)44-19-8-3-9-20-44;1-3-12-33(13-4-1)34-22-24-35(25-23-34)36-26-29-39(30-27-36)50-45-20-10-8-17-42(45)48-40(18-11-21-47(48)50)37-28-31-46-43(32-37)41-16-7-9-19-44(41)49(46)38-14-5-2-6-15-38;/h1-36H;1-32H;1H4. The highest BCUT2D eigenvalue weighted by Crippen LogP contribution is 2.45. The molecule has 17 aromatic carbocycles. The van der Waals surface area contributed by atoms with Crippen LogP contribution in [0, 0.1) is 0 Å². The third kappa shape index (κ3) is 11.2. The van der Waals surface area contributed by atoms with Crippen LogP contribution in [0.1, 0.15) is 7.43 Å². The summed E-state index contributed by atoms with van der Waals surface area (Å²) in [6.07, 6.45) is 0. The van der Waals surface area contributed by atoms with E-state index >= 15 is 0 Å². The SMILES string of the molecule is C.c1ccc(-c2cc(-c3ccccc3)cc(-c3ccc(-n4c5ccccc5c5c(-c6ccc7c(c6)c6ccccc6n7-c6ccccc6)cccc54)cc3)c2)cc1.c1ccc(-c2ccc(-c3ccc(-n4c5ccccc5c5c(-c6ccc7c(c6)c6ccccc6n7-c6ccccc6)cccc54)cc3)cc2)cc1. The molecule has 4 heterocycles. The predicted octanol–water partition coefficient (Wildman–Crippen LogP) is 28.1. The second kappa shape index (κ2) is 27.0. The highest BCUT2D eigenvalue weighted by molar-refractivity contribution is 6.19. The summed E-state index contributed by atoms with van der Waals surface area (Å²) in [6, 6.07) is 150. The summed E-state index contributed by atoms with van der Waals surface area (Å²) in [5.41, 5.74) is 31.3. The van der Waals surface area contributed by atoms with Crippen LogP contribution in [0.3, 0.4) is 0 Å². The lowest BCUT2D eigenvalue weighted by Gasteiger charge is -2.13. The van der Waals surface area contributed by atoms with E-state index in [2.05, 4.69) is 431 Å². The Labute approximate surface area is 622 Å². The van der Waals surface area contributed by atoms with Gasteiger partial charge in [-0.05, 0) is 205 Å². The molecule has 0 bridgehead atoms. The van der Waals surface area contributed by atoms with Crippen molar-refractivity contribution in [2.45, 2.75) is 7.43 Å². The van der Waals surface area contributed by atoms with Gasteiger partial charge in [0.1, 0.15) is 0 Å². The van der Waals surface area contributed by atoms with Crippen LogP contribution >= 0.6 is 0 Å². The van der Waals surface area contributed by atoms with Gasteiger partial charge in [0.15, 0.2) is 0 Å². The molecule has 0 N–H and O–H groups in total. The Bertz CT molecular complexity index is 6810. The van der Waals surface area contributed by atoms with Crippen LogP contribution in [-0.4, -0.2) is 18.3 Å². The summed E-state index contributed by atoms with van der Waals surface area (Å²) in [7, 11) is 0. The number of para-hydroxylation sites is 6. The topological polar surface area (TPSA) is 19.7 Å². The maximum absolute atomic E-state index is 2.42. The van der Waals surface area contributed by atoms with Crippen molar-refractivity contribution in [2.24, 2.45) is 0 Å². The molecule has 0 radical (unpaired) electrons. The van der Waals surface area contributed by atoms with Gasteiger partial charge in [-0.15, -0.1) is 0 Å². The smallest absolute Gasteiger partial charge is 0.0547 e. The maximum Gasteiger partial charge on any atom is 0.0547 e. The number of rotatable bonds is 11. The largest absolute Gasteiger partial charge is 0.309 e. The fourth-order valence-corrected chi connectivity index (χ4v) is 16.5. The molecule has 4 aromatic heterocycles. The zero-order chi connectivity index (χ0) is 70.0. The third-order valence-corrected chi connectivity index (χ3v) is 21.4. The van der Waals surface area contributed by atoms with Crippen molar-refractivity contribution in [2.75, 3.05) is 0 Å². The Morgan fingerprint density at radius 2 is 0.364 bits per heavy atom. The van der Waals surface area contributed by atoms with E-state index in [1.807, 2.05) is 0 Å². The summed E-state index contributed by atoms with van der Waals surface area (Å²) in [6.45, 7) is 0. The summed E-state index contributed by atoms with van der Waals surface area (Å²) in [4.78, 5) is 0. The minimum Gasteiger partial charge on any atom is -0.309 e. The van der Waals surface area contributed by atoms with Crippen LogP contribution in [0.25, 0.3) is 188 Å². The molecule has 0 aliphatic carbocycles. The van der Waals surface area contributed by atoms with Crippen LogP contribution in [0.5, 0.6) is 0 Å². The number of fused-ring (bicyclic) bond motifs is 12. The van der Waals surface area contributed by atoms with E-state index in [1.165, 1.54) is 176 Å². The van der Waals surface area contributed by atoms with Crippen LogP contribution in [0.2, 0.25) is 0 Å². The van der Waals surface area contributed by atoms with Gasteiger partial charge < -0.3 is 18.3 Å². The highest BCUT2D eigenvalue weighted by Gasteiger charge is 2.22. The van der Waals surface area contributed by atoms with E-state index in [9.17, 15) is 0 Å². The molecule has 0 atom stereocenters. The average Bonchev–Trinajstić information content (AvgIpc) is 1.57. The molecule has 0 spiro atoms. The van der Waals surface area contributed by atoms with Gasteiger partial charge in [-0.25, -0.2) is 0 Å². The Kier molecular flexibility index (Phi) is 16.1. The fourth-order valence-electron chi connectivity index (χ4n) is 16.5. The molecule has 0 saturated heterocycles. The first-order valence-electron chi connectivity index (χ1n) is 36.5. The van der Waals surface area contributed by atoms with Gasteiger partial charge in [0, 0.05) is 65.8 Å². The van der Waals surface area contributed by atoms with E-state index in [0.29, 0.717) is 0 Å². The van der Waals surface area contributed by atoms with Gasteiger partial charge in [0.25, 0.3) is 0 Å². The molecule has 0 amide bonds. The Morgan fingerprint density at radius 1 is 0.131 bits per heavy atom. The zero-order valence-corrected chi connectivity index (χ0v) is 58.0. The summed E-state index contributed by atoms with van der Waals surface area (Å²) in [5, 5.41) is 10.1. The molecule has 0 aliphatic heterocycles. The second-order valence-corrected chi connectivity index (χ2v) is 27.5. The Balaban J connectivity index is 0.000000146. The van der Waals surface area contributed by atoms with E-state index in [0.717, 1.165) is 11.4 Å². The quantitative estimate of drug-likeness (QED) is 0.123. The molecule has 504 valence electrons. The molecule has 21 aromatic rings. The Hall–Kier alpha value is -14.1. The normalized spacial score (nSPS) is 11.5. The lowest BCUT2D eigenvalue weighted by molar-refractivity contribution is 1.18. The summed E-state index contributed by atoms with van der Waals surface area (Å²) in [5.74, 6) is 0. The lowest BCUT2D eigenvalue weighted by atomic mass is 9.93. The van der Waals surface area contributed by atoms with E-state index < -0.39 is 0 Å². The van der Waals surface area contributed by atoms with Crippen LogP contribution in [0.15, 0.2) is 413 Å².